The summed E-state index contributed by atoms with van der Waals surface area (Å²) in [6.45, 7) is 0.360. The standard InChI is InChI=1S/C14H11F5N2OS/c15-8-2-1-7(5-9(8)16)12-10(3-4-22-12)20-13-21-11(6-23-13)14(17,18)19/h1-2,5-6,10,12H,3-4H2,(H,20,21). The Morgan fingerprint density at radius 3 is 2.65 bits per heavy atom. The Bertz CT molecular complexity index is 703. The van der Waals surface area contributed by atoms with E-state index < -0.39 is 29.6 Å². The Hall–Kier alpha value is -1.74. The zero-order chi connectivity index (χ0) is 16.6. The van der Waals surface area contributed by atoms with Crippen LogP contribution in [-0.2, 0) is 10.9 Å². The number of anilines is 1. The number of thiazole rings is 1. The van der Waals surface area contributed by atoms with Gasteiger partial charge in [-0.15, -0.1) is 11.3 Å². The Labute approximate surface area is 132 Å². The second-order valence-electron chi connectivity index (χ2n) is 5.04. The van der Waals surface area contributed by atoms with E-state index in [0.29, 0.717) is 18.6 Å². The monoisotopic (exact) mass is 350 g/mol. The highest BCUT2D eigenvalue weighted by molar-refractivity contribution is 7.13. The van der Waals surface area contributed by atoms with E-state index in [1.165, 1.54) is 6.07 Å². The molecule has 1 N–H and O–H groups in total. The Morgan fingerprint density at radius 2 is 2.00 bits per heavy atom. The second kappa shape index (κ2) is 6.04. The molecule has 3 nitrogen and oxygen atoms in total. The normalized spacial score (nSPS) is 21.6. The van der Waals surface area contributed by atoms with Crippen LogP contribution in [0, 0.1) is 11.6 Å². The minimum atomic E-state index is -4.50. The third-order valence-electron chi connectivity index (χ3n) is 3.47. The predicted molar refractivity (Wildman–Crippen MR) is 74.2 cm³/mol. The van der Waals surface area contributed by atoms with E-state index in [-0.39, 0.29) is 11.2 Å². The molecule has 2 unspecified atom stereocenters. The minimum Gasteiger partial charge on any atom is -0.371 e. The lowest BCUT2D eigenvalue weighted by molar-refractivity contribution is -0.140. The number of rotatable bonds is 3. The molecule has 1 fully saturated rings. The summed E-state index contributed by atoms with van der Waals surface area (Å²) in [6, 6.07) is 3.05. The third kappa shape index (κ3) is 3.45. The van der Waals surface area contributed by atoms with Crippen molar-refractivity contribution >= 4 is 16.5 Å². The molecular weight excluding hydrogens is 339 g/mol. The van der Waals surface area contributed by atoms with Crippen LogP contribution in [0.4, 0.5) is 27.1 Å². The van der Waals surface area contributed by atoms with Gasteiger partial charge in [-0.2, -0.15) is 13.2 Å². The molecular formula is C14H11F5N2OS. The highest BCUT2D eigenvalue weighted by Gasteiger charge is 2.35. The Balaban J connectivity index is 1.76. The first kappa shape index (κ1) is 16.1. The summed E-state index contributed by atoms with van der Waals surface area (Å²) < 4.78 is 69.5. The summed E-state index contributed by atoms with van der Waals surface area (Å²) in [6.07, 6.45) is -4.56. The van der Waals surface area contributed by atoms with E-state index in [9.17, 15) is 22.0 Å². The highest BCUT2D eigenvalue weighted by atomic mass is 32.1. The number of nitrogens with zero attached hydrogens (tertiary/aromatic N) is 1. The van der Waals surface area contributed by atoms with Gasteiger partial charge in [0.2, 0.25) is 0 Å². The molecule has 9 heteroatoms. The van der Waals surface area contributed by atoms with Crippen molar-refractivity contribution in [3.8, 4) is 0 Å². The van der Waals surface area contributed by atoms with Gasteiger partial charge in [-0.1, -0.05) is 6.07 Å². The van der Waals surface area contributed by atoms with Crippen molar-refractivity contribution in [3.05, 3.63) is 46.5 Å². The molecule has 0 aliphatic carbocycles. The van der Waals surface area contributed by atoms with Crippen molar-refractivity contribution in [2.75, 3.05) is 11.9 Å². The summed E-state index contributed by atoms with van der Waals surface area (Å²) in [5.74, 6) is -1.96. The molecule has 1 aliphatic heterocycles. The van der Waals surface area contributed by atoms with Crippen LogP contribution in [0.15, 0.2) is 23.6 Å². The fraction of sp³-hybridized carbons (Fsp3) is 0.357. The number of benzene rings is 1. The number of nitrogens with one attached hydrogen (secondary N) is 1. The molecule has 0 saturated carbocycles. The molecule has 1 aromatic carbocycles. The summed E-state index contributed by atoms with van der Waals surface area (Å²) in [5, 5.41) is 3.92. The lowest BCUT2D eigenvalue weighted by Gasteiger charge is -2.20. The smallest absolute Gasteiger partial charge is 0.371 e. The number of hydrogen-bond acceptors (Lipinski definition) is 4. The van der Waals surface area contributed by atoms with Gasteiger partial charge in [0, 0.05) is 12.0 Å². The van der Waals surface area contributed by atoms with Gasteiger partial charge in [-0.05, 0) is 24.1 Å². The van der Waals surface area contributed by atoms with Gasteiger partial charge < -0.3 is 10.1 Å². The first-order chi connectivity index (χ1) is 10.8. The molecule has 1 saturated heterocycles. The molecule has 1 aliphatic rings. The first-order valence-corrected chi connectivity index (χ1v) is 7.58. The van der Waals surface area contributed by atoms with E-state index >= 15 is 0 Å². The molecule has 2 aromatic rings. The fourth-order valence-electron chi connectivity index (χ4n) is 2.38. The maximum Gasteiger partial charge on any atom is 0.434 e. The molecule has 2 atom stereocenters. The van der Waals surface area contributed by atoms with Gasteiger partial charge in [-0.3, -0.25) is 0 Å². The van der Waals surface area contributed by atoms with Crippen LogP contribution in [0.2, 0.25) is 0 Å². The maximum absolute atomic E-state index is 13.3. The predicted octanol–water partition coefficient (Wildman–Crippen LogP) is 4.38. The third-order valence-corrected chi connectivity index (χ3v) is 4.24. The largest absolute Gasteiger partial charge is 0.434 e. The van der Waals surface area contributed by atoms with E-state index in [0.717, 1.165) is 28.8 Å². The van der Waals surface area contributed by atoms with Crippen LogP contribution >= 0.6 is 11.3 Å². The second-order valence-corrected chi connectivity index (χ2v) is 5.90. The molecule has 0 radical (unpaired) electrons. The summed E-state index contributed by atoms with van der Waals surface area (Å²) in [5.41, 5.74) is -0.542. The molecule has 23 heavy (non-hydrogen) atoms. The lowest BCUT2D eigenvalue weighted by atomic mass is 10.0. The van der Waals surface area contributed by atoms with Crippen molar-refractivity contribution in [2.24, 2.45) is 0 Å². The van der Waals surface area contributed by atoms with Gasteiger partial charge in [0.05, 0.1) is 6.04 Å². The molecule has 124 valence electrons. The Morgan fingerprint density at radius 1 is 1.22 bits per heavy atom. The van der Waals surface area contributed by atoms with Crippen LogP contribution in [-0.4, -0.2) is 17.6 Å². The Kier molecular flexibility index (Phi) is 4.24. The fourth-order valence-corrected chi connectivity index (χ4v) is 3.16. The number of halogens is 5. The molecule has 3 rings (SSSR count). The van der Waals surface area contributed by atoms with Gasteiger partial charge in [0.1, 0.15) is 6.10 Å². The molecule has 1 aromatic heterocycles. The topological polar surface area (TPSA) is 34.1 Å². The van der Waals surface area contributed by atoms with Crippen LogP contribution in [0.1, 0.15) is 23.8 Å². The zero-order valence-electron chi connectivity index (χ0n) is 11.5. The van der Waals surface area contributed by atoms with Gasteiger partial charge >= 0.3 is 6.18 Å². The molecule has 0 bridgehead atoms. The molecule has 2 heterocycles. The van der Waals surface area contributed by atoms with Crippen molar-refractivity contribution in [2.45, 2.75) is 24.7 Å². The van der Waals surface area contributed by atoms with Gasteiger partial charge in [0.15, 0.2) is 22.5 Å². The van der Waals surface area contributed by atoms with E-state index in [2.05, 4.69) is 10.3 Å². The number of aromatic nitrogens is 1. The number of alkyl halides is 3. The van der Waals surface area contributed by atoms with Crippen LogP contribution < -0.4 is 5.32 Å². The average molecular weight is 350 g/mol. The van der Waals surface area contributed by atoms with Gasteiger partial charge in [0.25, 0.3) is 0 Å². The first-order valence-electron chi connectivity index (χ1n) is 6.70. The van der Waals surface area contributed by atoms with Crippen LogP contribution in [0.5, 0.6) is 0 Å². The number of ether oxygens (including phenoxy) is 1. The average Bonchev–Trinajstić information content (AvgIpc) is 3.11. The van der Waals surface area contributed by atoms with Crippen LogP contribution in [0.3, 0.4) is 0 Å². The lowest BCUT2D eigenvalue weighted by Crippen LogP contribution is -2.23. The summed E-state index contributed by atoms with van der Waals surface area (Å²) in [4.78, 5) is 3.50. The molecule has 0 amide bonds. The molecule has 0 spiro atoms. The van der Waals surface area contributed by atoms with Crippen molar-refractivity contribution in [3.63, 3.8) is 0 Å². The van der Waals surface area contributed by atoms with Gasteiger partial charge in [-0.25, -0.2) is 13.8 Å². The summed E-state index contributed by atoms with van der Waals surface area (Å²) in [7, 11) is 0. The van der Waals surface area contributed by atoms with E-state index in [1.54, 1.807) is 0 Å². The summed E-state index contributed by atoms with van der Waals surface area (Å²) >= 11 is 0.834. The van der Waals surface area contributed by atoms with Crippen molar-refractivity contribution in [1.82, 2.24) is 4.98 Å². The van der Waals surface area contributed by atoms with E-state index in [1.807, 2.05) is 0 Å². The van der Waals surface area contributed by atoms with Crippen LogP contribution in [0.25, 0.3) is 0 Å². The number of hydrogen-bond donors (Lipinski definition) is 1. The quantitative estimate of drug-likeness (QED) is 0.834. The van der Waals surface area contributed by atoms with Crippen molar-refractivity contribution < 1.29 is 26.7 Å². The minimum absolute atomic E-state index is 0.111. The highest BCUT2D eigenvalue weighted by Crippen LogP contribution is 2.35. The SMILES string of the molecule is Fc1ccc(C2OCCC2Nc2nc(C(F)(F)F)cs2)cc1F. The maximum atomic E-state index is 13.3. The van der Waals surface area contributed by atoms with E-state index in [4.69, 9.17) is 4.74 Å². The zero-order valence-corrected chi connectivity index (χ0v) is 12.3. The van der Waals surface area contributed by atoms with Crippen molar-refractivity contribution in [1.29, 1.82) is 0 Å².